The van der Waals surface area contributed by atoms with Crippen LogP contribution in [0.2, 0.25) is 0 Å². The third-order valence-electron chi connectivity index (χ3n) is 4.37. The lowest BCUT2D eigenvalue weighted by molar-refractivity contribution is 0.0242. The lowest BCUT2D eigenvalue weighted by Gasteiger charge is -2.24. The van der Waals surface area contributed by atoms with Gasteiger partial charge in [0.1, 0.15) is 0 Å². The van der Waals surface area contributed by atoms with E-state index in [0.29, 0.717) is 12.1 Å². The summed E-state index contributed by atoms with van der Waals surface area (Å²) in [5.74, 6) is 0.698. The summed E-state index contributed by atoms with van der Waals surface area (Å²) in [6.45, 7) is 12.9. The highest BCUT2D eigenvalue weighted by atomic mass is 127. The monoisotopic (exact) mass is 502 g/mol. The highest BCUT2D eigenvalue weighted by molar-refractivity contribution is 14.0. The van der Waals surface area contributed by atoms with Crippen LogP contribution in [0.15, 0.2) is 29.3 Å². The molecule has 7 heteroatoms. The first-order valence-corrected chi connectivity index (χ1v) is 9.78. The molecule has 1 aliphatic rings. The van der Waals surface area contributed by atoms with Gasteiger partial charge in [-0.2, -0.15) is 0 Å². The second-order valence-corrected chi connectivity index (χ2v) is 8.36. The van der Waals surface area contributed by atoms with Gasteiger partial charge in [-0.1, -0.05) is 12.1 Å². The second kappa shape index (κ2) is 11.0. The first-order chi connectivity index (χ1) is 12.7. The van der Waals surface area contributed by atoms with Crippen LogP contribution < -0.4 is 16.0 Å². The summed E-state index contributed by atoms with van der Waals surface area (Å²) >= 11 is 0. The average Bonchev–Trinajstić information content (AvgIpc) is 3.03. The zero-order valence-electron chi connectivity index (χ0n) is 17.7. The van der Waals surface area contributed by atoms with Gasteiger partial charge >= 0.3 is 0 Å². The lowest BCUT2D eigenvalue weighted by Crippen LogP contribution is -2.45. The van der Waals surface area contributed by atoms with Crippen LogP contribution in [-0.4, -0.2) is 42.7 Å². The van der Waals surface area contributed by atoms with Crippen LogP contribution in [0.4, 0.5) is 0 Å². The van der Waals surface area contributed by atoms with E-state index in [1.165, 1.54) is 0 Å². The van der Waals surface area contributed by atoms with E-state index in [9.17, 15) is 4.79 Å². The Hall–Kier alpha value is -1.35. The van der Waals surface area contributed by atoms with Crippen LogP contribution in [-0.2, 0) is 11.3 Å². The predicted octanol–water partition coefficient (Wildman–Crippen LogP) is 3.46. The maximum atomic E-state index is 12.4. The zero-order chi connectivity index (χ0) is 19.9. The number of carbonyl (C=O) groups excluding carboxylic acids is 1. The summed E-state index contributed by atoms with van der Waals surface area (Å²) in [5.41, 5.74) is 1.27. The fraction of sp³-hybridized carbons (Fsp3) is 0.619. The van der Waals surface area contributed by atoms with Crippen LogP contribution in [0.25, 0.3) is 0 Å². The summed E-state index contributed by atoms with van der Waals surface area (Å²) in [5, 5.41) is 9.63. The third kappa shape index (κ3) is 8.34. The van der Waals surface area contributed by atoms with E-state index in [4.69, 9.17) is 4.74 Å². The summed E-state index contributed by atoms with van der Waals surface area (Å²) < 4.78 is 5.82. The minimum atomic E-state index is -0.258. The van der Waals surface area contributed by atoms with E-state index in [-0.39, 0.29) is 41.0 Å². The summed E-state index contributed by atoms with van der Waals surface area (Å²) in [6.07, 6.45) is 2.17. The van der Waals surface area contributed by atoms with Crippen LogP contribution in [0.3, 0.4) is 0 Å². The molecule has 1 amide bonds. The molecule has 0 aliphatic carbocycles. The number of nitrogens with zero attached hydrogens (tertiary/aromatic N) is 1. The van der Waals surface area contributed by atoms with Crippen molar-refractivity contribution in [1.29, 1.82) is 0 Å². The molecule has 158 valence electrons. The Balaban J connectivity index is 0.00000392. The highest BCUT2D eigenvalue weighted by Crippen LogP contribution is 2.23. The van der Waals surface area contributed by atoms with Crippen LogP contribution >= 0.6 is 24.0 Å². The van der Waals surface area contributed by atoms with Gasteiger partial charge in [0.25, 0.3) is 5.91 Å². The number of nitrogens with one attached hydrogen (secondary N) is 3. The number of aliphatic imine (C=N–C) groups is 1. The Morgan fingerprint density at radius 2 is 2.04 bits per heavy atom. The molecule has 1 aromatic carbocycles. The molecule has 0 bridgehead atoms. The molecule has 0 spiro atoms. The van der Waals surface area contributed by atoms with Crippen LogP contribution in [0, 0.1) is 0 Å². The van der Waals surface area contributed by atoms with E-state index in [2.05, 4.69) is 27.9 Å². The van der Waals surface area contributed by atoms with Crippen molar-refractivity contribution in [3.8, 4) is 0 Å². The molecule has 1 unspecified atom stereocenters. The van der Waals surface area contributed by atoms with Crippen molar-refractivity contribution in [2.24, 2.45) is 4.99 Å². The van der Waals surface area contributed by atoms with Crippen molar-refractivity contribution in [2.45, 2.75) is 65.1 Å². The Morgan fingerprint density at radius 3 is 2.64 bits per heavy atom. The Bertz CT molecular complexity index is 665. The number of ether oxygens (including phenoxy) is 1. The minimum Gasteiger partial charge on any atom is -0.373 e. The van der Waals surface area contributed by atoms with E-state index in [1.54, 1.807) is 0 Å². The molecule has 0 aromatic heterocycles. The SMILES string of the molecule is CCNC(=NCc1cccc(C(=O)NC(C)(C)C)c1)NCC1(C)CCCO1.I. The summed E-state index contributed by atoms with van der Waals surface area (Å²) in [4.78, 5) is 17.0. The van der Waals surface area contributed by atoms with Gasteiger partial charge < -0.3 is 20.7 Å². The molecule has 0 saturated carbocycles. The van der Waals surface area contributed by atoms with E-state index >= 15 is 0 Å². The maximum absolute atomic E-state index is 12.4. The molecule has 3 N–H and O–H groups in total. The van der Waals surface area contributed by atoms with Crippen LogP contribution in [0.1, 0.15) is 63.4 Å². The molecule has 1 aliphatic heterocycles. The third-order valence-corrected chi connectivity index (χ3v) is 4.37. The standard InChI is InChI=1S/C21H34N4O2.HI/c1-6-22-19(24-15-21(5)11-8-12-27-21)23-14-16-9-7-10-17(13-16)18(26)25-20(2,3)4;/h7,9-10,13H,6,8,11-12,14-15H2,1-5H3,(H,25,26)(H2,22,23,24);1H. The highest BCUT2D eigenvalue weighted by Gasteiger charge is 2.29. The Morgan fingerprint density at radius 1 is 1.29 bits per heavy atom. The zero-order valence-corrected chi connectivity index (χ0v) is 20.1. The predicted molar refractivity (Wildman–Crippen MR) is 125 cm³/mol. The second-order valence-electron chi connectivity index (χ2n) is 8.36. The molecule has 1 atom stereocenters. The lowest BCUT2D eigenvalue weighted by atomic mass is 10.0. The van der Waals surface area contributed by atoms with Gasteiger partial charge in [0.05, 0.1) is 12.1 Å². The number of carbonyl (C=O) groups is 1. The van der Waals surface area contributed by atoms with Crippen molar-refractivity contribution in [3.63, 3.8) is 0 Å². The molecular weight excluding hydrogens is 467 g/mol. The smallest absolute Gasteiger partial charge is 0.251 e. The van der Waals surface area contributed by atoms with Gasteiger partial charge in [-0.05, 0) is 65.2 Å². The fourth-order valence-corrected chi connectivity index (χ4v) is 2.98. The Labute approximate surface area is 186 Å². The van der Waals surface area contributed by atoms with E-state index < -0.39 is 0 Å². The topological polar surface area (TPSA) is 74.8 Å². The number of benzene rings is 1. The van der Waals surface area contributed by atoms with Gasteiger partial charge in [0, 0.05) is 30.8 Å². The van der Waals surface area contributed by atoms with Crippen molar-refractivity contribution >= 4 is 35.8 Å². The molecule has 2 rings (SSSR count). The fourth-order valence-electron chi connectivity index (χ4n) is 2.98. The molecule has 1 heterocycles. The number of hydrogen-bond donors (Lipinski definition) is 3. The minimum absolute atomic E-state index is 0. The van der Waals surface area contributed by atoms with Crippen molar-refractivity contribution in [3.05, 3.63) is 35.4 Å². The Kier molecular flexibility index (Phi) is 9.69. The first kappa shape index (κ1) is 24.7. The molecule has 1 fully saturated rings. The first-order valence-electron chi connectivity index (χ1n) is 9.78. The number of guanidine groups is 1. The normalized spacial score (nSPS) is 19.7. The number of rotatable bonds is 6. The van der Waals surface area contributed by atoms with Gasteiger partial charge in [-0.25, -0.2) is 4.99 Å². The van der Waals surface area contributed by atoms with Crippen LogP contribution in [0.5, 0.6) is 0 Å². The molecule has 1 saturated heterocycles. The molecule has 28 heavy (non-hydrogen) atoms. The van der Waals surface area contributed by atoms with Crippen molar-refractivity contribution in [2.75, 3.05) is 19.7 Å². The quantitative estimate of drug-likeness (QED) is 0.317. The van der Waals surface area contributed by atoms with Gasteiger partial charge in [0.15, 0.2) is 5.96 Å². The van der Waals surface area contributed by atoms with E-state index in [1.807, 2.05) is 52.0 Å². The average molecular weight is 502 g/mol. The molecule has 0 radical (unpaired) electrons. The number of halogens is 1. The molecule has 1 aromatic rings. The van der Waals surface area contributed by atoms with Gasteiger partial charge in [0.2, 0.25) is 0 Å². The largest absolute Gasteiger partial charge is 0.373 e. The van der Waals surface area contributed by atoms with Crippen molar-refractivity contribution in [1.82, 2.24) is 16.0 Å². The van der Waals surface area contributed by atoms with Gasteiger partial charge in [-0.15, -0.1) is 24.0 Å². The maximum Gasteiger partial charge on any atom is 0.251 e. The van der Waals surface area contributed by atoms with E-state index in [0.717, 1.165) is 44.1 Å². The van der Waals surface area contributed by atoms with Crippen molar-refractivity contribution < 1.29 is 9.53 Å². The van der Waals surface area contributed by atoms with Gasteiger partial charge in [-0.3, -0.25) is 4.79 Å². The molecule has 6 nitrogen and oxygen atoms in total. The summed E-state index contributed by atoms with van der Waals surface area (Å²) in [7, 11) is 0. The number of hydrogen-bond acceptors (Lipinski definition) is 3. The summed E-state index contributed by atoms with van der Waals surface area (Å²) in [6, 6.07) is 7.62. The number of amides is 1. The molecular formula is C21H35IN4O2.